The van der Waals surface area contributed by atoms with Crippen LogP contribution >= 0.6 is 0 Å². The SMILES string of the molecule is [C-]#[N+][C@@H]1CCCC[C@@H]1n1cc(C(N)=O)c(Nc2ccc(CC(=O)OC)cc2)n1. The highest BCUT2D eigenvalue weighted by Crippen LogP contribution is 2.32. The van der Waals surface area contributed by atoms with Crippen LogP contribution in [0.25, 0.3) is 4.85 Å². The molecule has 0 radical (unpaired) electrons. The third-order valence-electron chi connectivity index (χ3n) is 4.99. The molecule has 0 spiro atoms. The Balaban J connectivity index is 1.81. The number of primary amides is 1. The number of amides is 1. The normalized spacial score (nSPS) is 18.9. The molecule has 0 aliphatic heterocycles. The second-order valence-electron chi connectivity index (χ2n) is 6.86. The van der Waals surface area contributed by atoms with Gasteiger partial charge in [-0.25, -0.2) is 6.57 Å². The fourth-order valence-corrected chi connectivity index (χ4v) is 3.47. The van der Waals surface area contributed by atoms with Crippen LogP contribution in [0.2, 0.25) is 0 Å². The van der Waals surface area contributed by atoms with Gasteiger partial charge in [0.1, 0.15) is 11.6 Å². The molecular formula is C20H23N5O3. The summed E-state index contributed by atoms with van der Waals surface area (Å²) in [4.78, 5) is 27.0. The zero-order valence-corrected chi connectivity index (χ0v) is 15.7. The Kier molecular flexibility index (Phi) is 5.94. The number of benzene rings is 1. The summed E-state index contributed by atoms with van der Waals surface area (Å²) in [5, 5.41) is 7.63. The molecule has 8 nitrogen and oxygen atoms in total. The molecule has 2 aromatic rings. The lowest BCUT2D eigenvalue weighted by Gasteiger charge is -2.23. The van der Waals surface area contributed by atoms with Gasteiger partial charge in [-0.05, 0) is 30.5 Å². The molecule has 146 valence electrons. The molecule has 28 heavy (non-hydrogen) atoms. The molecule has 1 aliphatic carbocycles. The third-order valence-corrected chi connectivity index (χ3v) is 4.99. The van der Waals surface area contributed by atoms with Crippen molar-refractivity contribution in [2.24, 2.45) is 5.73 Å². The van der Waals surface area contributed by atoms with E-state index in [0.29, 0.717) is 11.5 Å². The lowest BCUT2D eigenvalue weighted by molar-refractivity contribution is -0.139. The van der Waals surface area contributed by atoms with Crippen LogP contribution in [0.15, 0.2) is 30.5 Å². The summed E-state index contributed by atoms with van der Waals surface area (Å²) in [6, 6.07) is 7.00. The number of nitrogens with one attached hydrogen (secondary N) is 1. The van der Waals surface area contributed by atoms with Crippen LogP contribution in [-0.2, 0) is 16.0 Å². The topological polar surface area (TPSA) is 104 Å². The number of methoxy groups -OCH3 is 1. The van der Waals surface area contributed by atoms with Crippen molar-refractivity contribution in [3.05, 3.63) is 53.0 Å². The highest BCUT2D eigenvalue weighted by atomic mass is 16.5. The highest BCUT2D eigenvalue weighted by Gasteiger charge is 2.33. The third kappa shape index (κ3) is 4.31. The zero-order chi connectivity index (χ0) is 20.1. The van der Waals surface area contributed by atoms with Crippen molar-refractivity contribution in [1.82, 2.24) is 9.78 Å². The van der Waals surface area contributed by atoms with Crippen LogP contribution in [-0.4, -0.2) is 34.8 Å². The molecule has 8 heteroatoms. The molecule has 1 aliphatic rings. The van der Waals surface area contributed by atoms with E-state index < -0.39 is 5.91 Å². The summed E-state index contributed by atoms with van der Waals surface area (Å²) >= 11 is 0. The molecule has 3 rings (SSSR count). The predicted octanol–water partition coefficient (Wildman–Crippen LogP) is 2.84. The van der Waals surface area contributed by atoms with Crippen molar-refractivity contribution < 1.29 is 14.3 Å². The number of anilines is 2. The van der Waals surface area contributed by atoms with Crippen molar-refractivity contribution in [3.63, 3.8) is 0 Å². The Morgan fingerprint density at radius 1 is 1.32 bits per heavy atom. The lowest BCUT2D eigenvalue weighted by Crippen LogP contribution is -2.25. The number of nitrogens with zero attached hydrogens (tertiary/aromatic N) is 3. The van der Waals surface area contributed by atoms with E-state index in [-0.39, 0.29) is 30.0 Å². The van der Waals surface area contributed by atoms with Gasteiger partial charge in [-0.15, -0.1) is 0 Å². The van der Waals surface area contributed by atoms with E-state index in [1.54, 1.807) is 35.1 Å². The minimum Gasteiger partial charge on any atom is -0.469 e. The second kappa shape index (κ2) is 8.57. The van der Waals surface area contributed by atoms with E-state index in [1.807, 2.05) is 0 Å². The first-order chi connectivity index (χ1) is 13.5. The molecule has 1 aromatic carbocycles. The quantitative estimate of drug-likeness (QED) is 0.591. The molecule has 1 saturated carbocycles. The van der Waals surface area contributed by atoms with E-state index >= 15 is 0 Å². The summed E-state index contributed by atoms with van der Waals surface area (Å²) in [5.41, 5.74) is 7.35. The van der Waals surface area contributed by atoms with Gasteiger partial charge >= 0.3 is 5.97 Å². The summed E-state index contributed by atoms with van der Waals surface area (Å²) in [6.07, 6.45) is 5.59. The minimum absolute atomic E-state index is 0.0534. The number of nitrogens with two attached hydrogens (primary N) is 1. The molecular weight excluding hydrogens is 358 g/mol. The molecule has 1 amide bonds. The van der Waals surface area contributed by atoms with E-state index in [1.165, 1.54) is 7.11 Å². The first kappa shape index (κ1) is 19.4. The maximum atomic E-state index is 11.9. The van der Waals surface area contributed by atoms with Crippen LogP contribution in [0.5, 0.6) is 0 Å². The Morgan fingerprint density at radius 3 is 2.68 bits per heavy atom. The molecule has 1 aromatic heterocycles. The standard InChI is InChI=1S/C20H23N5O3/c1-22-16-5-3-4-6-17(16)25-12-15(19(21)27)20(24-25)23-14-9-7-13(8-10-14)11-18(26)28-2/h7-10,12,16-17H,3-6,11H2,2H3,(H2,21,27)(H,23,24)/t16-,17+/m1/s1. The smallest absolute Gasteiger partial charge is 0.309 e. The summed E-state index contributed by atoms with van der Waals surface area (Å²) in [6.45, 7) is 7.43. The summed E-state index contributed by atoms with van der Waals surface area (Å²) in [7, 11) is 1.35. The van der Waals surface area contributed by atoms with E-state index in [0.717, 1.165) is 31.2 Å². The molecule has 0 saturated heterocycles. The Labute approximate surface area is 163 Å². The van der Waals surface area contributed by atoms with E-state index in [2.05, 4.69) is 20.0 Å². The maximum Gasteiger partial charge on any atom is 0.309 e. The Morgan fingerprint density at radius 2 is 2.04 bits per heavy atom. The van der Waals surface area contributed by atoms with E-state index in [9.17, 15) is 9.59 Å². The minimum atomic E-state index is -0.578. The van der Waals surface area contributed by atoms with Crippen LogP contribution < -0.4 is 11.1 Å². The van der Waals surface area contributed by atoms with Gasteiger partial charge in [0.05, 0.1) is 13.5 Å². The predicted molar refractivity (Wildman–Crippen MR) is 104 cm³/mol. The van der Waals surface area contributed by atoms with Gasteiger partial charge in [0.15, 0.2) is 5.82 Å². The summed E-state index contributed by atoms with van der Waals surface area (Å²) < 4.78 is 6.36. The van der Waals surface area contributed by atoms with Gasteiger partial charge < -0.3 is 20.6 Å². The summed E-state index contributed by atoms with van der Waals surface area (Å²) in [5.74, 6) is -0.522. The Hall–Kier alpha value is -3.34. The van der Waals surface area contributed by atoms with Crippen molar-refractivity contribution in [2.75, 3.05) is 12.4 Å². The Bertz CT molecular complexity index is 898. The fourth-order valence-electron chi connectivity index (χ4n) is 3.47. The lowest BCUT2D eigenvalue weighted by atomic mass is 9.91. The monoisotopic (exact) mass is 381 g/mol. The van der Waals surface area contributed by atoms with Crippen molar-refractivity contribution in [1.29, 1.82) is 0 Å². The average molecular weight is 381 g/mol. The first-order valence-electron chi connectivity index (χ1n) is 9.20. The average Bonchev–Trinajstić information content (AvgIpc) is 3.13. The number of hydrogen-bond donors (Lipinski definition) is 2. The molecule has 0 unspecified atom stereocenters. The second-order valence-corrected chi connectivity index (χ2v) is 6.86. The van der Waals surface area contributed by atoms with Gasteiger partial charge in [-0.3, -0.25) is 14.3 Å². The molecule has 1 heterocycles. The van der Waals surface area contributed by atoms with Gasteiger partial charge in [-0.1, -0.05) is 18.6 Å². The molecule has 0 bridgehead atoms. The van der Waals surface area contributed by atoms with Gasteiger partial charge in [0.2, 0.25) is 6.04 Å². The number of rotatable bonds is 6. The van der Waals surface area contributed by atoms with Crippen molar-refractivity contribution in [3.8, 4) is 0 Å². The van der Waals surface area contributed by atoms with Crippen LogP contribution in [0, 0.1) is 6.57 Å². The molecule has 2 atom stereocenters. The van der Waals surface area contributed by atoms with Crippen LogP contribution in [0.4, 0.5) is 11.5 Å². The van der Waals surface area contributed by atoms with Crippen LogP contribution in [0.1, 0.15) is 47.6 Å². The number of ether oxygens (including phenoxy) is 1. The highest BCUT2D eigenvalue weighted by molar-refractivity contribution is 5.98. The number of hydrogen-bond acceptors (Lipinski definition) is 5. The van der Waals surface area contributed by atoms with Gasteiger partial charge in [-0.2, -0.15) is 5.10 Å². The van der Waals surface area contributed by atoms with E-state index in [4.69, 9.17) is 12.3 Å². The van der Waals surface area contributed by atoms with Crippen LogP contribution in [0.3, 0.4) is 0 Å². The van der Waals surface area contributed by atoms with Gasteiger partial charge in [0.25, 0.3) is 5.91 Å². The number of carbonyl (C=O) groups excluding carboxylic acids is 2. The molecule has 3 N–H and O–H groups in total. The largest absolute Gasteiger partial charge is 0.469 e. The maximum absolute atomic E-state index is 11.9. The number of esters is 1. The first-order valence-corrected chi connectivity index (χ1v) is 9.20. The zero-order valence-electron chi connectivity index (χ0n) is 15.7. The van der Waals surface area contributed by atoms with Crippen molar-refractivity contribution in [2.45, 2.75) is 44.2 Å². The number of aromatic nitrogens is 2. The fraction of sp³-hybridized carbons (Fsp3) is 0.400. The van der Waals surface area contributed by atoms with Gasteiger partial charge in [0, 0.05) is 18.3 Å². The van der Waals surface area contributed by atoms with Crippen molar-refractivity contribution >= 4 is 23.4 Å². The molecule has 1 fully saturated rings. The number of carbonyl (C=O) groups is 2.